The fraction of sp³-hybridized carbons (Fsp3) is 0.211. The van der Waals surface area contributed by atoms with Gasteiger partial charge in [0.2, 0.25) is 0 Å². The maximum Gasteiger partial charge on any atom is 0.293 e. The minimum absolute atomic E-state index is 0.141. The van der Waals surface area contributed by atoms with Gasteiger partial charge in [0.1, 0.15) is 11.5 Å². The van der Waals surface area contributed by atoms with Gasteiger partial charge in [0.15, 0.2) is 9.84 Å². The highest BCUT2D eigenvalue weighted by Gasteiger charge is 2.19. The van der Waals surface area contributed by atoms with Crippen LogP contribution in [0.3, 0.4) is 0 Å². The molecule has 30 heavy (non-hydrogen) atoms. The number of hydrogen-bond acceptors (Lipinski definition) is 7. The third-order valence-electron chi connectivity index (χ3n) is 4.43. The number of hydrogen-bond donors (Lipinski definition) is 2. The summed E-state index contributed by atoms with van der Waals surface area (Å²) in [7, 11) is -3.58. The second-order valence-corrected chi connectivity index (χ2v) is 9.63. The fourth-order valence-corrected chi connectivity index (χ4v) is 4.75. The summed E-state index contributed by atoms with van der Waals surface area (Å²) in [5.74, 6) is -0.747. The average Bonchev–Trinajstić information content (AvgIpc) is 3.02. The third kappa shape index (κ3) is 4.41. The average molecular weight is 452 g/mol. The fourth-order valence-electron chi connectivity index (χ4n) is 2.97. The van der Waals surface area contributed by atoms with E-state index in [2.05, 4.69) is 10.6 Å². The molecule has 3 rings (SSSR count). The van der Waals surface area contributed by atoms with Crippen molar-refractivity contribution >= 4 is 48.5 Å². The maximum absolute atomic E-state index is 14.0. The topological polar surface area (TPSA) is 118 Å². The highest BCUT2D eigenvalue weighted by molar-refractivity contribution is 7.90. The number of thiophene rings is 1. The minimum atomic E-state index is -3.58. The molecule has 0 saturated heterocycles. The van der Waals surface area contributed by atoms with E-state index in [0.29, 0.717) is 20.5 Å². The van der Waals surface area contributed by atoms with E-state index in [1.54, 1.807) is 19.1 Å². The maximum atomic E-state index is 14.0. The molecule has 2 N–H and O–H groups in total. The number of carbonyl (C=O) groups excluding carboxylic acids is 1. The quantitative estimate of drug-likeness (QED) is 0.322. The number of aryl methyl sites for hydroxylation is 1. The van der Waals surface area contributed by atoms with Crippen molar-refractivity contribution in [2.75, 3.05) is 24.7 Å². The number of nitro benzene ring substituents is 1. The predicted octanol–water partition coefficient (Wildman–Crippen LogP) is 3.50. The number of benzene rings is 2. The Balaban J connectivity index is 1.67. The Morgan fingerprint density at radius 1 is 1.23 bits per heavy atom. The zero-order chi connectivity index (χ0) is 22.1. The Kier molecular flexibility index (Phi) is 6.04. The number of carbonyl (C=O) groups is 1. The molecule has 0 spiro atoms. The van der Waals surface area contributed by atoms with Crippen molar-refractivity contribution in [2.45, 2.75) is 11.8 Å². The summed E-state index contributed by atoms with van der Waals surface area (Å²) in [6, 6.07) is 8.25. The Hall–Kier alpha value is -3.05. The van der Waals surface area contributed by atoms with Crippen LogP contribution in [0.15, 0.2) is 41.3 Å². The molecule has 0 aliphatic heterocycles. The summed E-state index contributed by atoms with van der Waals surface area (Å²) in [5.41, 5.74) is 0.326. The predicted molar refractivity (Wildman–Crippen MR) is 114 cm³/mol. The van der Waals surface area contributed by atoms with E-state index in [4.69, 9.17) is 0 Å². The molecule has 3 aromatic rings. The molecular weight excluding hydrogens is 433 g/mol. The van der Waals surface area contributed by atoms with Crippen LogP contribution in [-0.4, -0.2) is 38.6 Å². The van der Waals surface area contributed by atoms with Crippen molar-refractivity contribution in [1.29, 1.82) is 0 Å². The molecule has 0 aliphatic carbocycles. The normalized spacial score (nSPS) is 11.4. The molecule has 2 aromatic carbocycles. The monoisotopic (exact) mass is 451 g/mol. The molecule has 8 nitrogen and oxygen atoms in total. The van der Waals surface area contributed by atoms with E-state index in [-0.39, 0.29) is 41.1 Å². The van der Waals surface area contributed by atoms with Gasteiger partial charge < -0.3 is 10.6 Å². The van der Waals surface area contributed by atoms with Crippen molar-refractivity contribution in [3.05, 3.63) is 62.8 Å². The second-order valence-electron chi connectivity index (χ2n) is 6.56. The van der Waals surface area contributed by atoms with Crippen LogP contribution in [0.4, 0.5) is 15.8 Å². The number of anilines is 1. The summed E-state index contributed by atoms with van der Waals surface area (Å²) in [5, 5.41) is 17.2. The third-order valence-corrected chi connectivity index (χ3v) is 6.80. The SMILES string of the molecule is Cc1c(C(=O)NCCNc2ccc(S(C)(=O)=O)cc2[N+](=O)[O-])sc2cccc(F)c12. The molecule has 0 aliphatic rings. The Labute approximate surface area is 175 Å². The van der Waals surface area contributed by atoms with Crippen molar-refractivity contribution < 1.29 is 22.5 Å². The zero-order valence-corrected chi connectivity index (χ0v) is 17.7. The number of rotatable bonds is 7. The Morgan fingerprint density at radius 2 is 1.97 bits per heavy atom. The lowest BCUT2D eigenvalue weighted by Crippen LogP contribution is -2.28. The van der Waals surface area contributed by atoms with E-state index in [1.165, 1.54) is 29.5 Å². The number of sulfone groups is 1. The Morgan fingerprint density at radius 3 is 2.60 bits per heavy atom. The van der Waals surface area contributed by atoms with Gasteiger partial charge in [-0.15, -0.1) is 11.3 Å². The summed E-state index contributed by atoms with van der Waals surface area (Å²) >= 11 is 1.19. The highest BCUT2D eigenvalue weighted by atomic mass is 32.2. The molecule has 0 saturated carbocycles. The first-order chi connectivity index (χ1) is 14.1. The molecular formula is C19H18FN3O5S2. The number of fused-ring (bicyclic) bond motifs is 1. The smallest absolute Gasteiger partial charge is 0.293 e. The van der Waals surface area contributed by atoms with E-state index in [0.717, 1.165) is 12.3 Å². The van der Waals surface area contributed by atoms with Gasteiger partial charge in [-0.3, -0.25) is 14.9 Å². The molecule has 1 amide bonds. The Bertz CT molecular complexity index is 1250. The first-order valence-corrected chi connectivity index (χ1v) is 11.5. The molecule has 158 valence electrons. The molecule has 0 radical (unpaired) electrons. The van der Waals surface area contributed by atoms with Crippen molar-refractivity contribution in [3.8, 4) is 0 Å². The number of nitro groups is 1. The van der Waals surface area contributed by atoms with Gasteiger partial charge in [-0.2, -0.15) is 0 Å². The van der Waals surface area contributed by atoms with E-state index < -0.39 is 14.8 Å². The first-order valence-electron chi connectivity index (χ1n) is 8.77. The second kappa shape index (κ2) is 8.36. The van der Waals surface area contributed by atoms with Crippen LogP contribution >= 0.6 is 11.3 Å². The summed E-state index contributed by atoms with van der Waals surface area (Å²) in [4.78, 5) is 23.3. The first kappa shape index (κ1) is 21.7. The van der Waals surface area contributed by atoms with Crippen LogP contribution in [0, 0.1) is 22.9 Å². The van der Waals surface area contributed by atoms with Gasteiger partial charge in [0.05, 0.1) is 14.7 Å². The van der Waals surface area contributed by atoms with Gasteiger partial charge in [0.25, 0.3) is 11.6 Å². The molecule has 11 heteroatoms. The van der Waals surface area contributed by atoms with Crippen molar-refractivity contribution in [2.24, 2.45) is 0 Å². The molecule has 0 atom stereocenters. The van der Waals surface area contributed by atoms with E-state index in [9.17, 15) is 27.7 Å². The van der Waals surface area contributed by atoms with Crippen LogP contribution < -0.4 is 10.6 Å². The summed E-state index contributed by atoms with van der Waals surface area (Å²) in [6.07, 6.45) is 0.969. The lowest BCUT2D eigenvalue weighted by molar-refractivity contribution is -0.384. The number of nitrogens with one attached hydrogen (secondary N) is 2. The minimum Gasteiger partial charge on any atom is -0.378 e. The number of amides is 1. The van der Waals surface area contributed by atoms with Crippen LogP contribution in [0.5, 0.6) is 0 Å². The highest BCUT2D eigenvalue weighted by Crippen LogP contribution is 2.32. The van der Waals surface area contributed by atoms with E-state index in [1.807, 2.05) is 0 Å². The van der Waals surface area contributed by atoms with Crippen LogP contribution in [0.25, 0.3) is 10.1 Å². The van der Waals surface area contributed by atoms with Gasteiger partial charge in [-0.05, 0) is 36.8 Å². The lowest BCUT2D eigenvalue weighted by atomic mass is 10.1. The van der Waals surface area contributed by atoms with Crippen LogP contribution in [-0.2, 0) is 9.84 Å². The lowest BCUT2D eigenvalue weighted by Gasteiger charge is -2.09. The van der Waals surface area contributed by atoms with Gasteiger partial charge in [0, 0.05) is 35.5 Å². The number of nitrogens with zero attached hydrogens (tertiary/aromatic N) is 1. The standard InChI is InChI=1S/C19H18FN3O5S2/c1-11-17-13(20)4-3-5-16(17)29-18(11)19(24)22-9-8-21-14-7-6-12(30(2,27)28)10-15(14)23(25)26/h3-7,10,21H,8-9H2,1-2H3,(H,22,24). The largest absolute Gasteiger partial charge is 0.378 e. The molecule has 0 fully saturated rings. The molecule has 0 unspecified atom stereocenters. The van der Waals surface area contributed by atoms with Crippen molar-refractivity contribution in [3.63, 3.8) is 0 Å². The molecule has 1 heterocycles. The molecule has 0 bridgehead atoms. The van der Waals surface area contributed by atoms with Gasteiger partial charge in [-0.25, -0.2) is 12.8 Å². The molecule has 1 aromatic heterocycles. The van der Waals surface area contributed by atoms with Gasteiger partial charge in [-0.1, -0.05) is 6.07 Å². The van der Waals surface area contributed by atoms with Crippen LogP contribution in [0.1, 0.15) is 15.2 Å². The number of halogens is 1. The van der Waals surface area contributed by atoms with Crippen molar-refractivity contribution in [1.82, 2.24) is 5.32 Å². The van der Waals surface area contributed by atoms with Gasteiger partial charge >= 0.3 is 0 Å². The van der Waals surface area contributed by atoms with Crippen LogP contribution in [0.2, 0.25) is 0 Å². The summed E-state index contributed by atoms with van der Waals surface area (Å²) in [6.45, 7) is 2.00. The zero-order valence-electron chi connectivity index (χ0n) is 16.1. The summed E-state index contributed by atoms with van der Waals surface area (Å²) < 4.78 is 37.9. The van der Waals surface area contributed by atoms with E-state index >= 15 is 0 Å².